The maximum atomic E-state index is 12.7. The van der Waals surface area contributed by atoms with Crippen LogP contribution in [0.15, 0.2) is 42.5 Å². The zero-order chi connectivity index (χ0) is 26.0. The van der Waals surface area contributed by atoms with Gasteiger partial charge in [0.2, 0.25) is 11.8 Å². The molecule has 11 nitrogen and oxygen atoms in total. The third kappa shape index (κ3) is 5.19. The summed E-state index contributed by atoms with van der Waals surface area (Å²) in [4.78, 5) is 49.3. The van der Waals surface area contributed by atoms with Crippen LogP contribution in [-0.2, 0) is 36.8 Å². The summed E-state index contributed by atoms with van der Waals surface area (Å²) in [5.74, 6) is -3.29. The van der Waals surface area contributed by atoms with Gasteiger partial charge in [0.25, 0.3) is 11.8 Å². The van der Waals surface area contributed by atoms with Crippen molar-refractivity contribution in [2.75, 3.05) is 12.2 Å². The van der Waals surface area contributed by atoms with Crippen LogP contribution in [0, 0.1) is 0 Å². The van der Waals surface area contributed by atoms with Crippen LogP contribution in [0.5, 0.6) is 0 Å². The van der Waals surface area contributed by atoms with E-state index in [1.54, 1.807) is 12.1 Å². The van der Waals surface area contributed by atoms with E-state index in [1.165, 1.54) is 5.12 Å². The van der Waals surface area contributed by atoms with Crippen molar-refractivity contribution in [3.05, 3.63) is 64.7 Å². The second-order valence-corrected chi connectivity index (χ2v) is 9.31. The lowest BCUT2D eigenvalue weighted by Gasteiger charge is -2.30. The minimum absolute atomic E-state index is 0.00602. The molecule has 2 atom stereocenters. The average Bonchev–Trinajstić information content (AvgIpc) is 3.44. The van der Waals surface area contributed by atoms with E-state index < -0.39 is 17.8 Å². The number of piperidine rings is 1. The van der Waals surface area contributed by atoms with E-state index in [-0.39, 0.29) is 50.3 Å². The third-order valence-corrected chi connectivity index (χ3v) is 6.62. The van der Waals surface area contributed by atoms with Gasteiger partial charge in [0.15, 0.2) is 0 Å². The monoisotopic (exact) mass is 507 g/mol. The van der Waals surface area contributed by atoms with Gasteiger partial charge in [-0.1, -0.05) is 43.3 Å². The van der Waals surface area contributed by atoms with Crippen molar-refractivity contribution >= 4 is 29.4 Å². The molecule has 4 N–H and O–H groups in total. The Labute approximate surface area is 213 Å². The third-order valence-electron chi connectivity index (χ3n) is 6.62. The zero-order valence-electron chi connectivity index (χ0n) is 20.5. The second kappa shape index (κ2) is 10.3. The van der Waals surface area contributed by atoms with Gasteiger partial charge in [-0.05, 0) is 30.0 Å². The van der Waals surface area contributed by atoms with Gasteiger partial charge in [-0.15, -0.1) is 5.12 Å². The molecule has 3 heterocycles. The number of esters is 1. The van der Waals surface area contributed by atoms with E-state index in [1.807, 2.05) is 37.3 Å². The zero-order valence-corrected chi connectivity index (χ0v) is 20.5. The predicted octanol–water partition coefficient (Wildman–Crippen LogP) is 1.81. The molecule has 3 aliphatic heterocycles. The van der Waals surface area contributed by atoms with Crippen LogP contribution < -0.4 is 21.5 Å². The fraction of sp³-hybridized carbons (Fsp3) is 0.385. The number of carbonyl (C=O) groups excluding carboxylic acids is 4. The first-order valence-corrected chi connectivity index (χ1v) is 12.4. The first-order valence-electron chi connectivity index (χ1n) is 12.4. The number of benzene rings is 2. The number of hydrogen-bond acceptors (Lipinski definition) is 9. The highest BCUT2D eigenvalue weighted by atomic mass is 16.8. The summed E-state index contributed by atoms with van der Waals surface area (Å²) in [6.07, 6.45) is 1.72. The number of hydrogen-bond donors (Lipinski definition) is 4. The van der Waals surface area contributed by atoms with Crippen LogP contribution >= 0.6 is 0 Å². The molecule has 0 aliphatic carbocycles. The van der Waals surface area contributed by atoms with Gasteiger partial charge in [0.1, 0.15) is 6.73 Å². The molecular formula is C26H29N5O6. The smallest absolute Gasteiger partial charge is 0.309 e. The summed E-state index contributed by atoms with van der Waals surface area (Å²) < 4.78 is 11.8. The number of amides is 3. The Morgan fingerprint density at radius 1 is 1.19 bits per heavy atom. The summed E-state index contributed by atoms with van der Waals surface area (Å²) >= 11 is 0. The Balaban J connectivity index is 1.43. The van der Waals surface area contributed by atoms with Crippen molar-refractivity contribution in [3.8, 4) is 0 Å². The van der Waals surface area contributed by atoms with Crippen LogP contribution in [0.25, 0.3) is 0 Å². The summed E-state index contributed by atoms with van der Waals surface area (Å²) in [6, 6.07) is 13.0. The van der Waals surface area contributed by atoms with Crippen LogP contribution in [0.2, 0.25) is 0 Å². The number of anilines is 1. The second-order valence-electron chi connectivity index (χ2n) is 9.31. The van der Waals surface area contributed by atoms with Gasteiger partial charge >= 0.3 is 5.97 Å². The molecule has 2 fully saturated rings. The van der Waals surface area contributed by atoms with Gasteiger partial charge in [0.05, 0.1) is 18.0 Å². The lowest BCUT2D eigenvalue weighted by molar-refractivity contribution is -0.222. The Hall–Kier alpha value is -3.80. The Kier molecular flexibility index (Phi) is 6.92. The number of fused-ring (bicyclic) bond motifs is 1. The maximum absolute atomic E-state index is 12.7. The Bertz CT molecular complexity index is 1240. The topological polar surface area (TPSA) is 138 Å². The molecule has 0 spiro atoms. The summed E-state index contributed by atoms with van der Waals surface area (Å²) in [5, 5.41) is 6.75. The van der Waals surface area contributed by atoms with Gasteiger partial charge in [-0.25, -0.2) is 0 Å². The standard InChI is InChI=1S/C26H29N5O6/c1-2-6-22(33)37-26(13-16-7-4-3-5-8-16)30-31(15-36-26)29-23-17(18-11-12-21(32)28-25(18)35)9-10-19-20(23)14-27-24(19)34/h3-5,7-10,18,29-30H,2,6,11-15H2,1H3,(H,27,34)(H,28,32,35). The first kappa shape index (κ1) is 24.9. The van der Waals surface area contributed by atoms with Gasteiger partial charge in [-0.2, -0.15) is 5.43 Å². The average molecular weight is 508 g/mol. The number of rotatable bonds is 8. The van der Waals surface area contributed by atoms with Crippen molar-refractivity contribution in [3.63, 3.8) is 0 Å². The minimum atomic E-state index is -1.44. The molecule has 2 aromatic rings. The predicted molar refractivity (Wildman–Crippen MR) is 131 cm³/mol. The highest BCUT2D eigenvalue weighted by molar-refractivity contribution is 6.03. The highest BCUT2D eigenvalue weighted by Crippen LogP contribution is 2.37. The molecule has 0 saturated carbocycles. The number of carbonyl (C=O) groups is 4. The summed E-state index contributed by atoms with van der Waals surface area (Å²) in [6.45, 7) is 2.18. The molecule has 0 aromatic heterocycles. The van der Waals surface area contributed by atoms with Crippen molar-refractivity contribution in [1.82, 2.24) is 21.2 Å². The van der Waals surface area contributed by atoms with E-state index in [0.717, 1.165) is 5.56 Å². The van der Waals surface area contributed by atoms with Crippen LogP contribution in [0.1, 0.15) is 65.6 Å². The van der Waals surface area contributed by atoms with Gasteiger partial charge in [0, 0.05) is 30.5 Å². The number of ether oxygens (including phenoxy) is 2. The molecule has 11 heteroatoms. The molecule has 5 rings (SSSR count). The maximum Gasteiger partial charge on any atom is 0.309 e. The van der Waals surface area contributed by atoms with E-state index in [4.69, 9.17) is 9.47 Å². The number of nitrogens with one attached hydrogen (secondary N) is 4. The van der Waals surface area contributed by atoms with Crippen molar-refractivity contribution in [2.24, 2.45) is 0 Å². The lowest BCUT2D eigenvalue weighted by atomic mass is 9.87. The van der Waals surface area contributed by atoms with Crippen LogP contribution in [-0.4, -0.2) is 41.5 Å². The molecular weight excluding hydrogens is 478 g/mol. The van der Waals surface area contributed by atoms with E-state index >= 15 is 0 Å². The van der Waals surface area contributed by atoms with E-state index in [9.17, 15) is 19.2 Å². The summed E-state index contributed by atoms with van der Waals surface area (Å²) in [7, 11) is 0. The largest absolute Gasteiger partial charge is 0.417 e. The molecule has 2 aromatic carbocycles. The number of hydrazine groups is 2. The number of nitrogens with zero attached hydrogens (tertiary/aromatic N) is 1. The van der Waals surface area contributed by atoms with Crippen molar-refractivity contribution < 1.29 is 28.7 Å². The molecule has 37 heavy (non-hydrogen) atoms. The van der Waals surface area contributed by atoms with Crippen molar-refractivity contribution in [1.29, 1.82) is 0 Å². The van der Waals surface area contributed by atoms with Gasteiger partial charge < -0.3 is 20.2 Å². The lowest BCUT2D eigenvalue weighted by Crippen LogP contribution is -2.53. The Morgan fingerprint density at radius 3 is 2.76 bits per heavy atom. The molecule has 2 unspecified atom stereocenters. The molecule has 2 saturated heterocycles. The molecule has 3 amide bonds. The fourth-order valence-electron chi connectivity index (χ4n) is 4.86. The quantitative estimate of drug-likeness (QED) is 0.311. The Morgan fingerprint density at radius 2 is 2.00 bits per heavy atom. The van der Waals surface area contributed by atoms with E-state index in [0.29, 0.717) is 35.2 Å². The minimum Gasteiger partial charge on any atom is -0.417 e. The number of imide groups is 1. The first-order chi connectivity index (χ1) is 17.9. The highest BCUT2D eigenvalue weighted by Gasteiger charge is 2.44. The van der Waals surface area contributed by atoms with Crippen LogP contribution in [0.4, 0.5) is 5.69 Å². The fourth-order valence-corrected chi connectivity index (χ4v) is 4.86. The molecule has 0 radical (unpaired) electrons. The normalized spacial score (nSPS) is 23.4. The van der Waals surface area contributed by atoms with Crippen LogP contribution in [0.3, 0.4) is 0 Å². The van der Waals surface area contributed by atoms with Gasteiger partial charge in [-0.3, -0.25) is 24.5 Å². The molecule has 0 bridgehead atoms. The van der Waals surface area contributed by atoms with Crippen molar-refractivity contribution in [2.45, 2.75) is 57.4 Å². The SMILES string of the molecule is CCCC(=O)OC1(Cc2ccccc2)NN(Nc2c(C3CCC(=O)NC3=O)ccc3c2CNC3=O)CO1. The van der Waals surface area contributed by atoms with E-state index in [2.05, 4.69) is 21.5 Å². The molecule has 194 valence electrons. The molecule has 3 aliphatic rings. The summed E-state index contributed by atoms with van der Waals surface area (Å²) in [5.41, 5.74) is 9.73.